The number of nitrogens with zero attached hydrogens (tertiary/aromatic N) is 2. The summed E-state index contributed by atoms with van der Waals surface area (Å²) in [5.74, 6) is 0.591. The molecule has 0 aliphatic carbocycles. The summed E-state index contributed by atoms with van der Waals surface area (Å²) in [6, 6.07) is 12.1. The molecule has 1 aromatic heterocycles. The number of hydrogen-bond acceptors (Lipinski definition) is 3. The summed E-state index contributed by atoms with van der Waals surface area (Å²) < 4.78 is 0. The summed E-state index contributed by atoms with van der Waals surface area (Å²) in [5.41, 5.74) is 8.54. The number of nitrogens with one attached hydrogen (secondary N) is 1. The van der Waals surface area contributed by atoms with Crippen molar-refractivity contribution in [3.8, 4) is 0 Å². The molecule has 1 fully saturated rings. The van der Waals surface area contributed by atoms with E-state index in [1.807, 2.05) is 30.0 Å². The molecule has 0 spiro atoms. The maximum atomic E-state index is 12.5. The lowest BCUT2D eigenvalue weighted by molar-refractivity contribution is 0.0780. The van der Waals surface area contributed by atoms with E-state index in [1.54, 1.807) is 6.07 Å². The summed E-state index contributed by atoms with van der Waals surface area (Å²) >= 11 is 0. The van der Waals surface area contributed by atoms with Crippen LogP contribution >= 0.6 is 0 Å². The summed E-state index contributed by atoms with van der Waals surface area (Å²) in [7, 11) is 0. The van der Waals surface area contributed by atoms with E-state index in [4.69, 9.17) is 5.73 Å². The van der Waals surface area contributed by atoms with Crippen molar-refractivity contribution in [2.45, 2.75) is 12.8 Å². The molecule has 21 heavy (non-hydrogen) atoms. The lowest BCUT2D eigenvalue weighted by Crippen LogP contribution is -2.30. The lowest BCUT2D eigenvalue weighted by atomic mass is 9.89. The highest BCUT2D eigenvalue weighted by Gasteiger charge is 2.36. The van der Waals surface area contributed by atoms with Crippen LogP contribution in [0.1, 0.15) is 27.7 Å². The minimum Gasteiger partial charge on any atom is -0.336 e. The Balaban J connectivity index is 1.79. The average molecular weight is 284 g/mol. The monoisotopic (exact) mass is 284 g/mol. The van der Waals surface area contributed by atoms with Gasteiger partial charge in [0.15, 0.2) is 0 Å². The number of benzene rings is 1. The van der Waals surface area contributed by atoms with Gasteiger partial charge in [0.25, 0.3) is 5.91 Å². The number of likely N-dealkylation sites (tertiary alicyclic amines) is 1. The van der Waals surface area contributed by atoms with Crippen LogP contribution in [-0.2, 0) is 0 Å². The molecule has 0 bridgehead atoms. The summed E-state index contributed by atoms with van der Waals surface area (Å²) in [6.07, 6.45) is 0. The van der Waals surface area contributed by atoms with Crippen molar-refractivity contribution in [1.82, 2.24) is 15.1 Å². The quantitative estimate of drug-likeness (QED) is 0.897. The molecule has 1 aliphatic rings. The first-order valence-corrected chi connectivity index (χ1v) is 7.25. The molecular weight excluding hydrogens is 264 g/mol. The van der Waals surface area contributed by atoms with E-state index in [0.29, 0.717) is 37.2 Å². The Morgan fingerprint density at radius 3 is 2.76 bits per heavy atom. The molecule has 1 aromatic carbocycles. The predicted octanol–water partition coefficient (Wildman–Crippen LogP) is 1.53. The summed E-state index contributed by atoms with van der Waals surface area (Å²) in [5, 5.41) is 6.88. The van der Waals surface area contributed by atoms with Crippen LogP contribution in [0.2, 0.25) is 0 Å². The lowest BCUT2D eigenvalue weighted by Gasteiger charge is -2.16. The van der Waals surface area contributed by atoms with E-state index in [2.05, 4.69) is 22.3 Å². The van der Waals surface area contributed by atoms with Crippen LogP contribution in [-0.4, -0.2) is 40.6 Å². The zero-order valence-electron chi connectivity index (χ0n) is 12.1. The molecule has 2 atom stereocenters. The Morgan fingerprint density at radius 2 is 2.14 bits per heavy atom. The van der Waals surface area contributed by atoms with Gasteiger partial charge in [-0.05, 0) is 31.0 Å². The molecule has 0 saturated carbocycles. The molecule has 3 N–H and O–H groups in total. The van der Waals surface area contributed by atoms with Crippen molar-refractivity contribution in [2.24, 2.45) is 11.7 Å². The molecule has 5 heteroatoms. The highest BCUT2D eigenvalue weighted by atomic mass is 16.2. The first-order chi connectivity index (χ1) is 10.2. The number of H-pyrrole nitrogens is 1. The Kier molecular flexibility index (Phi) is 3.75. The van der Waals surface area contributed by atoms with Crippen LogP contribution in [0.15, 0.2) is 36.4 Å². The van der Waals surface area contributed by atoms with Crippen molar-refractivity contribution in [2.75, 3.05) is 19.6 Å². The Hall–Kier alpha value is -2.14. The van der Waals surface area contributed by atoms with Gasteiger partial charge in [-0.15, -0.1) is 0 Å². The first kappa shape index (κ1) is 13.8. The topological polar surface area (TPSA) is 75.0 Å². The Bertz CT molecular complexity index is 622. The van der Waals surface area contributed by atoms with Crippen LogP contribution in [0.3, 0.4) is 0 Å². The highest BCUT2D eigenvalue weighted by Crippen LogP contribution is 2.32. The molecular formula is C16H20N4O. The van der Waals surface area contributed by atoms with Gasteiger partial charge in [0.2, 0.25) is 0 Å². The predicted molar refractivity (Wildman–Crippen MR) is 81.0 cm³/mol. The third-order valence-corrected chi connectivity index (χ3v) is 4.18. The smallest absolute Gasteiger partial charge is 0.274 e. The van der Waals surface area contributed by atoms with Gasteiger partial charge in [-0.2, -0.15) is 5.10 Å². The van der Waals surface area contributed by atoms with Gasteiger partial charge in [0, 0.05) is 24.7 Å². The van der Waals surface area contributed by atoms with E-state index in [1.165, 1.54) is 5.56 Å². The third kappa shape index (κ3) is 2.69. The number of carbonyl (C=O) groups excluding carboxylic acids is 1. The van der Waals surface area contributed by atoms with Crippen LogP contribution in [0, 0.1) is 12.8 Å². The van der Waals surface area contributed by atoms with Crippen LogP contribution in [0.5, 0.6) is 0 Å². The van der Waals surface area contributed by atoms with E-state index < -0.39 is 0 Å². The molecule has 5 nitrogen and oxygen atoms in total. The average Bonchev–Trinajstić information content (AvgIpc) is 3.13. The minimum absolute atomic E-state index is 0.0174. The maximum Gasteiger partial charge on any atom is 0.274 e. The SMILES string of the molecule is Cc1cc(C(=O)N2C[C@@H](CN)[C@H](c3ccccc3)C2)n[nH]1. The maximum absolute atomic E-state index is 12.5. The standard InChI is InChI=1S/C16H20N4O/c1-11-7-15(19-18-11)16(21)20-9-13(8-17)14(10-20)12-5-3-2-4-6-12/h2-7,13-14H,8-10,17H2,1H3,(H,18,19)/t13-,14+/m1/s1. The van der Waals surface area contributed by atoms with Crippen molar-refractivity contribution < 1.29 is 4.79 Å². The fraction of sp³-hybridized carbons (Fsp3) is 0.375. The van der Waals surface area contributed by atoms with Gasteiger partial charge in [-0.25, -0.2) is 0 Å². The van der Waals surface area contributed by atoms with Gasteiger partial charge < -0.3 is 10.6 Å². The first-order valence-electron chi connectivity index (χ1n) is 7.25. The number of hydrogen-bond donors (Lipinski definition) is 2. The van der Waals surface area contributed by atoms with Crippen LogP contribution in [0.25, 0.3) is 0 Å². The number of rotatable bonds is 3. The highest BCUT2D eigenvalue weighted by molar-refractivity contribution is 5.92. The molecule has 2 heterocycles. The molecule has 0 unspecified atom stereocenters. The molecule has 1 saturated heterocycles. The van der Waals surface area contributed by atoms with Crippen LogP contribution in [0.4, 0.5) is 0 Å². The minimum atomic E-state index is -0.0174. The summed E-state index contributed by atoms with van der Waals surface area (Å²) in [4.78, 5) is 14.4. The van der Waals surface area contributed by atoms with E-state index in [9.17, 15) is 4.79 Å². The molecule has 0 radical (unpaired) electrons. The van der Waals surface area contributed by atoms with Gasteiger partial charge in [-0.3, -0.25) is 9.89 Å². The molecule has 1 amide bonds. The zero-order valence-corrected chi connectivity index (χ0v) is 12.1. The largest absolute Gasteiger partial charge is 0.336 e. The van der Waals surface area contributed by atoms with Crippen molar-refractivity contribution in [3.05, 3.63) is 53.3 Å². The number of amides is 1. The third-order valence-electron chi connectivity index (χ3n) is 4.18. The molecule has 110 valence electrons. The number of nitrogens with two attached hydrogens (primary N) is 1. The molecule has 1 aliphatic heterocycles. The second kappa shape index (κ2) is 5.69. The van der Waals surface area contributed by atoms with E-state index >= 15 is 0 Å². The van der Waals surface area contributed by atoms with Gasteiger partial charge >= 0.3 is 0 Å². The second-order valence-corrected chi connectivity index (χ2v) is 5.66. The Morgan fingerprint density at radius 1 is 1.38 bits per heavy atom. The van der Waals surface area contributed by atoms with Gasteiger partial charge in [0.05, 0.1) is 0 Å². The van der Waals surface area contributed by atoms with E-state index in [-0.39, 0.29) is 5.91 Å². The number of aromatic amines is 1. The zero-order chi connectivity index (χ0) is 14.8. The normalized spacial score (nSPS) is 21.7. The summed E-state index contributed by atoms with van der Waals surface area (Å²) in [6.45, 7) is 3.88. The Labute approximate surface area is 124 Å². The fourth-order valence-electron chi connectivity index (χ4n) is 3.04. The van der Waals surface area contributed by atoms with Crippen molar-refractivity contribution in [1.29, 1.82) is 0 Å². The number of aromatic nitrogens is 2. The fourth-order valence-corrected chi connectivity index (χ4v) is 3.04. The van der Waals surface area contributed by atoms with Gasteiger partial charge in [-0.1, -0.05) is 30.3 Å². The van der Waals surface area contributed by atoms with Crippen LogP contribution < -0.4 is 5.73 Å². The second-order valence-electron chi connectivity index (χ2n) is 5.66. The number of aryl methyl sites for hydroxylation is 1. The number of carbonyl (C=O) groups is 1. The van der Waals surface area contributed by atoms with Gasteiger partial charge in [0.1, 0.15) is 5.69 Å². The van der Waals surface area contributed by atoms with Crippen molar-refractivity contribution in [3.63, 3.8) is 0 Å². The molecule has 2 aromatic rings. The van der Waals surface area contributed by atoms with E-state index in [0.717, 1.165) is 5.69 Å². The molecule has 3 rings (SSSR count). The van der Waals surface area contributed by atoms with Crippen molar-refractivity contribution >= 4 is 5.91 Å².